The number of carbonyl (C=O) groups is 2. The highest BCUT2D eigenvalue weighted by Crippen LogP contribution is 2.31. The topological polar surface area (TPSA) is 64.4 Å². The monoisotopic (exact) mass is 339 g/mol. The van der Waals surface area contributed by atoms with Crippen molar-refractivity contribution in [2.24, 2.45) is 0 Å². The van der Waals surface area contributed by atoms with E-state index in [1.165, 1.54) is 0 Å². The van der Waals surface area contributed by atoms with Crippen LogP contribution in [0.5, 0.6) is 0 Å². The largest absolute Gasteiger partial charge is 0.445 e. The number of hydrogen-bond acceptors (Lipinski definition) is 4. The Morgan fingerprint density at radius 2 is 2.16 bits per heavy atom. The van der Waals surface area contributed by atoms with Crippen LogP contribution in [0.2, 0.25) is 0 Å². The standard InChI is InChI=1S/C19H21N3O3/c1-19(12-14-6-2-3-8-16(14)17(23)25-19)18(24)21-10-4-7-15(13-21)22-11-5-9-20-22/h2-3,5-6,8-9,11,15H,4,7,10,12-13H2,1H3/t15-,19+/m0/s1. The van der Waals surface area contributed by atoms with Crippen molar-refractivity contribution < 1.29 is 14.3 Å². The number of carbonyl (C=O) groups excluding carboxylic acids is 2. The summed E-state index contributed by atoms with van der Waals surface area (Å²) < 4.78 is 7.50. The minimum Gasteiger partial charge on any atom is -0.445 e. The van der Waals surface area contributed by atoms with Gasteiger partial charge in [0.1, 0.15) is 0 Å². The lowest BCUT2D eigenvalue weighted by molar-refractivity contribution is -0.152. The molecule has 6 heteroatoms. The van der Waals surface area contributed by atoms with E-state index >= 15 is 0 Å². The molecule has 1 saturated heterocycles. The van der Waals surface area contributed by atoms with Crippen molar-refractivity contribution in [3.05, 3.63) is 53.9 Å². The Kier molecular flexibility index (Phi) is 3.82. The van der Waals surface area contributed by atoms with Crippen molar-refractivity contribution in [1.82, 2.24) is 14.7 Å². The molecule has 0 N–H and O–H groups in total. The number of benzene rings is 1. The predicted molar refractivity (Wildman–Crippen MR) is 91.0 cm³/mol. The average molecular weight is 339 g/mol. The Morgan fingerprint density at radius 1 is 1.32 bits per heavy atom. The Morgan fingerprint density at radius 3 is 2.96 bits per heavy atom. The summed E-state index contributed by atoms with van der Waals surface area (Å²) in [5, 5.41) is 4.30. The van der Waals surface area contributed by atoms with E-state index in [1.807, 2.05) is 40.0 Å². The molecule has 0 aliphatic carbocycles. The Labute approximate surface area is 146 Å². The van der Waals surface area contributed by atoms with Crippen molar-refractivity contribution in [3.8, 4) is 0 Å². The molecule has 2 aromatic rings. The highest BCUT2D eigenvalue weighted by molar-refractivity contribution is 5.97. The van der Waals surface area contributed by atoms with Gasteiger partial charge in [0.15, 0.2) is 5.60 Å². The molecule has 4 rings (SSSR count). The van der Waals surface area contributed by atoms with E-state index in [0.717, 1.165) is 18.4 Å². The molecule has 3 heterocycles. The number of aromatic nitrogens is 2. The fourth-order valence-electron chi connectivity index (χ4n) is 3.84. The van der Waals surface area contributed by atoms with Crippen LogP contribution in [0.25, 0.3) is 0 Å². The zero-order valence-corrected chi connectivity index (χ0v) is 14.2. The van der Waals surface area contributed by atoms with E-state index in [4.69, 9.17) is 4.74 Å². The van der Waals surface area contributed by atoms with Crippen molar-refractivity contribution in [2.75, 3.05) is 13.1 Å². The summed E-state index contributed by atoms with van der Waals surface area (Å²) >= 11 is 0. The number of fused-ring (bicyclic) bond motifs is 1. The van der Waals surface area contributed by atoms with Crippen LogP contribution >= 0.6 is 0 Å². The van der Waals surface area contributed by atoms with Gasteiger partial charge in [-0.3, -0.25) is 9.48 Å². The third-order valence-electron chi connectivity index (χ3n) is 5.12. The fourth-order valence-corrected chi connectivity index (χ4v) is 3.84. The maximum Gasteiger partial charge on any atom is 0.339 e. The normalized spacial score (nSPS) is 26.0. The van der Waals surface area contributed by atoms with E-state index in [9.17, 15) is 9.59 Å². The molecule has 1 amide bonds. The van der Waals surface area contributed by atoms with Gasteiger partial charge in [-0.2, -0.15) is 5.10 Å². The molecular formula is C19H21N3O3. The second-order valence-electron chi connectivity index (χ2n) is 6.99. The lowest BCUT2D eigenvalue weighted by Crippen LogP contribution is -2.55. The van der Waals surface area contributed by atoms with Gasteiger partial charge < -0.3 is 9.64 Å². The molecule has 1 aromatic carbocycles. The lowest BCUT2D eigenvalue weighted by Gasteiger charge is -2.40. The average Bonchev–Trinajstić information content (AvgIpc) is 3.16. The van der Waals surface area contributed by atoms with E-state index in [-0.39, 0.29) is 11.9 Å². The van der Waals surface area contributed by atoms with Crippen LogP contribution < -0.4 is 0 Å². The van der Waals surface area contributed by atoms with E-state index in [2.05, 4.69) is 5.10 Å². The second-order valence-corrected chi connectivity index (χ2v) is 6.99. The number of rotatable bonds is 2. The van der Waals surface area contributed by atoms with E-state index in [0.29, 0.717) is 25.1 Å². The van der Waals surface area contributed by atoms with Crippen LogP contribution in [-0.4, -0.2) is 45.2 Å². The predicted octanol–water partition coefficient (Wildman–Crippen LogP) is 2.22. The second kappa shape index (κ2) is 6.02. The lowest BCUT2D eigenvalue weighted by atomic mass is 9.88. The molecule has 0 bridgehead atoms. The maximum atomic E-state index is 13.2. The molecule has 0 saturated carbocycles. The van der Waals surface area contributed by atoms with Crippen molar-refractivity contribution in [1.29, 1.82) is 0 Å². The molecule has 130 valence electrons. The Balaban J connectivity index is 1.55. The van der Waals surface area contributed by atoms with Crippen LogP contribution in [0.3, 0.4) is 0 Å². The Bertz CT molecular complexity index is 802. The van der Waals surface area contributed by atoms with Gasteiger partial charge in [-0.05, 0) is 37.5 Å². The number of esters is 1. The molecule has 6 nitrogen and oxygen atoms in total. The minimum absolute atomic E-state index is 0.118. The summed E-state index contributed by atoms with van der Waals surface area (Å²) in [6, 6.07) is 9.39. The van der Waals surface area contributed by atoms with Crippen LogP contribution in [0.15, 0.2) is 42.7 Å². The SMILES string of the molecule is C[C@]1(C(=O)N2CCC[C@H](n3cccn3)C2)Cc2ccccc2C(=O)O1. The van der Waals surface area contributed by atoms with Gasteiger partial charge in [0.05, 0.1) is 11.6 Å². The first-order valence-corrected chi connectivity index (χ1v) is 8.66. The van der Waals surface area contributed by atoms with Crippen LogP contribution in [0, 0.1) is 0 Å². The minimum atomic E-state index is -1.14. The van der Waals surface area contributed by atoms with E-state index < -0.39 is 11.6 Å². The van der Waals surface area contributed by atoms with Crippen molar-refractivity contribution in [3.63, 3.8) is 0 Å². The highest BCUT2D eigenvalue weighted by atomic mass is 16.6. The summed E-state index contributed by atoms with van der Waals surface area (Å²) in [5.74, 6) is -0.537. The molecule has 0 spiro atoms. The number of likely N-dealkylation sites (tertiary alicyclic amines) is 1. The number of cyclic esters (lactones) is 1. The van der Waals surface area contributed by atoms with Gasteiger partial charge in [-0.1, -0.05) is 18.2 Å². The number of hydrogen-bond donors (Lipinski definition) is 0. The van der Waals surface area contributed by atoms with Gasteiger partial charge >= 0.3 is 5.97 Å². The Hall–Kier alpha value is -2.63. The fraction of sp³-hybridized carbons (Fsp3) is 0.421. The zero-order chi connectivity index (χ0) is 17.4. The first kappa shape index (κ1) is 15.9. The summed E-state index contributed by atoms with van der Waals surface area (Å²) in [6.45, 7) is 3.00. The maximum absolute atomic E-state index is 13.2. The number of nitrogens with zero attached hydrogens (tertiary/aromatic N) is 3. The molecule has 0 radical (unpaired) electrons. The third-order valence-corrected chi connectivity index (χ3v) is 5.12. The molecule has 1 aromatic heterocycles. The molecule has 2 aliphatic rings. The van der Waals surface area contributed by atoms with Crippen LogP contribution in [-0.2, 0) is 16.0 Å². The number of ether oxygens (including phenoxy) is 1. The van der Waals surface area contributed by atoms with Crippen molar-refractivity contribution in [2.45, 2.75) is 37.8 Å². The molecule has 1 fully saturated rings. The first-order chi connectivity index (χ1) is 12.1. The molecule has 2 atom stereocenters. The van der Waals surface area contributed by atoms with Crippen LogP contribution in [0.1, 0.15) is 41.7 Å². The quantitative estimate of drug-likeness (QED) is 0.787. The summed E-state index contributed by atoms with van der Waals surface area (Å²) in [5.41, 5.74) is 0.285. The molecule has 2 aliphatic heterocycles. The van der Waals surface area contributed by atoms with Gasteiger partial charge in [0.2, 0.25) is 0 Å². The first-order valence-electron chi connectivity index (χ1n) is 8.66. The van der Waals surface area contributed by atoms with Crippen LogP contribution in [0.4, 0.5) is 0 Å². The van der Waals surface area contributed by atoms with Gasteiger partial charge in [-0.15, -0.1) is 0 Å². The smallest absolute Gasteiger partial charge is 0.339 e. The third kappa shape index (κ3) is 2.81. The van der Waals surface area contributed by atoms with Gasteiger partial charge in [0, 0.05) is 31.9 Å². The summed E-state index contributed by atoms with van der Waals surface area (Å²) in [7, 11) is 0. The van der Waals surface area contributed by atoms with Gasteiger partial charge in [-0.25, -0.2) is 4.79 Å². The molecule has 0 unspecified atom stereocenters. The highest BCUT2D eigenvalue weighted by Gasteiger charge is 2.45. The van der Waals surface area contributed by atoms with E-state index in [1.54, 1.807) is 19.2 Å². The number of piperidine rings is 1. The van der Waals surface area contributed by atoms with Crippen molar-refractivity contribution >= 4 is 11.9 Å². The summed E-state index contributed by atoms with van der Waals surface area (Å²) in [6.07, 6.45) is 6.00. The van der Waals surface area contributed by atoms with Gasteiger partial charge in [0.25, 0.3) is 5.91 Å². The molecular weight excluding hydrogens is 318 g/mol. The summed E-state index contributed by atoms with van der Waals surface area (Å²) in [4.78, 5) is 27.3. The zero-order valence-electron chi connectivity index (χ0n) is 14.2. The number of amides is 1. The molecule has 25 heavy (non-hydrogen) atoms.